The standard InChI is InChI=1S/C9H16O2/c10-6-8-5-7-3-1-2-4-9(7)11-8/h7-10H,1-6H2/t7-,8-,9+/m0/s1. The second-order valence-corrected chi connectivity index (χ2v) is 3.76. The number of fused-ring (bicyclic) bond motifs is 1. The number of rotatable bonds is 1. The Balaban J connectivity index is 1.92. The maximum atomic E-state index is 8.89. The molecule has 2 nitrogen and oxygen atoms in total. The van der Waals surface area contributed by atoms with Gasteiger partial charge in [0.25, 0.3) is 0 Å². The number of hydrogen-bond donors (Lipinski definition) is 1. The van der Waals surface area contributed by atoms with Crippen LogP contribution in [0.5, 0.6) is 0 Å². The van der Waals surface area contributed by atoms with Crippen LogP contribution in [0.2, 0.25) is 0 Å². The van der Waals surface area contributed by atoms with E-state index < -0.39 is 0 Å². The van der Waals surface area contributed by atoms with Crippen molar-refractivity contribution in [2.24, 2.45) is 5.92 Å². The Morgan fingerprint density at radius 1 is 1.27 bits per heavy atom. The van der Waals surface area contributed by atoms with Crippen LogP contribution < -0.4 is 0 Å². The molecule has 11 heavy (non-hydrogen) atoms. The average Bonchev–Trinajstić information content (AvgIpc) is 2.46. The molecule has 0 spiro atoms. The second kappa shape index (κ2) is 3.11. The smallest absolute Gasteiger partial charge is 0.0813 e. The normalized spacial score (nSPS) is 43.9. The van der Waals surface area contributed by atoms with Crippen molar-refractivity contribution >= 4 is 0 Å². The summed E-state index contributed by atoms with van der Waals surface area (Å²) in [6.07, 6.45) is 6.97. The minimum atomic E-state index is 0.156. The van der Waals surface area contributed by atoms with Crippen molar-refractivity contribution in [3.05, 3.63) is 0 Å². The van der Waals surface area contributed by atoms with Crippen LogP contribution in [0.3, 0.4) is 0 Å². The minimum absolute atomic E-state index is 0.156. The van der Waals surface area contributed by atoms with E-state index in [4.69, 9.17) is 9.84 Å². The van der Waals surface area contributed by atoms with Gasteiger partial charge in [-0.2, -0.15) is 0 Å². The van der Waals surface area contributed by atoms with Gasteiger partial charge in [-0.1, -0.05) is 12.8 Å². The highest BCUT2D eigenvalue weighted by atomic mass is 16.5. The molecule has 2 aliphatic rings. The molecule has 1 aliphatic heterocycles. The summed E-state index contributed by atoms with van der Waals surface area (Å²) in [6, 6.07) is 0. The molecule has 0 aromatic rings. The molecule has 0 aromatic carbocycles. The van der Waals surface area contributed by atoms with E-state index in [1.165, 1.54) is 25.7 Å². The van der Waals surface area contributed by atoms with Gasteiger partial charge in [0.2, 0.25) is 0 Å². The zero-order valence-corrected chi connectivity index (χ0v) is 6.83. The number of aliphatic hydroxyl groups excluding tert-OH is 1. The first-order valence-corrected chi connectivity index (χ1v) is 4.66. The molecule has 1 saturated carbocycles. The first kappa shape index (κ1) is 7.56. The minimum Gasteiger partial charge on any atom is -0.394 e. The first-order valence-electron chi connectivity index (χ1n) is 4.66. The lowest BCUT2D eigenvalue weighted by atomic mass is 9.85. The zero-order chi connectivity index (χ0) is 7.68. The molecule has 2 rings (SSSR count). The third kappa shape index (κ3) is 1.42. The van der Waals surface area contributed by atoms with E-state index in [1.807, 2.05) is 0 Å². The summed E-state index contributed by atoms with van der Waals surface area (Å²) in [5, 5.41) is 8.89. The summed E-state index contributed by atoms with van der Waals surface area (Å²) < 4.78 is 5.66. The highest BCUT2D eigenvalue weighted by Crippen LogP contribution is 2.36. The Morgan fingerprint density at radius 2 is 2.09 bits per heavy atom. The summed E-state index contributed by atoms with van der Waals surface area (Å²) in [5.74, 6) is 0.765. The third-order valence-electron chi connectivity index (χ3n) is 2.98. The highest BCUT2D eigenvalue weighted by Gasteiger charge is 2.35. The average molecular weight is 156 g/mol. The predicted molar refractivity (Wildman–Crippen MR) is 42.3 cm³/mol. The van der Waals surface area contributed by atoms with Crippen LogP contribution in [0.4, 0.5) is 0 Å². The Hall–Kier alpha value is -0.0800. The highest BCUT2D eigenvalue weighted by molar-refractivity contribution is 4.84. The van der Waals surface area contributed by atoms with Crippen molar-refractivity contribution in [3.63, 3.8) is 0 Å². The van der Waals surface area contributed by atoms with E-state index in [0.717, 1.165) is 12.3 Å². The zero-order valence-electron chi connectivity index (χ0n) is 6.83. The van der Waals surface area contributed by atoms with Gasteiger partial charge in [-0.05, 0) is 25.2 Å². The molecular weight excluding hydrogens is 140 g/mol. The van der Waals surface area contributed by atoms with Crippen LogP contribution in [0.25, 0.3) is 0 Å². The number of hydrogen-bond acceptors (Lipinski definition) is 2. The van der Waals surface area contributed by atoms with Gasteiger partial charge in [0, 0.05) is 0 Å². The van der Waals surface area contributed by atoms with E-state index in [9.17, 15) is 0 Å². The van der Waals surface area contributed by atoms with E-state index in [0.29, 0.717) is 6.10 Å². The van der Waals surface area contributed by atoms with Gasteiger partial charge in [0.1, 0.15) is 0 Å². The number of ether oxygens (including phenoxy) is 1. The van der Waals surface area contributed by atoms with Gasteiger partial charge in [-0.25, -0.2) is 0 Å². The van der Waals surface area contributed by atoms with Gasteiger partial charge in [0.05, 0.1) is 18.8 Å². The lowest BCUT2D eigenvalue weighted by molar-refractivity contribution is -0.00558. The number of aliphatic hydroxyl groups is 1. The third-order valence-corrected chi connectivity index (χ3v) is 2.98. The predicted octanol–water partition coefficient (Wildman–Crippen LogP) is 1.33. The quantitative estimate of drug-likeness (QED) is 0.620. The first-order chi connectivity index (χ1) is 5.40. The Bertz CT molecular complexity index is 122. The fourth-order valence-corrected chi connectivity index (χ4v) is 2.38. The van der Waals surface area contributed by atoms with E-state index in [1.54, 1.807) is 0 Å². The summed E-state index contributed by atoms with van der Waals surface area (Å²) in [4.78, 5) is 0. The topological polar surface area (TPSA) is 29.5 Å². The molecule has 2 fully saturated rings. The van der Waals surface area contributed by atoms with Gasteiger partial charge in [-0.15, -0.1) is 0 Å². The SMILES string of the molecule is OC[C@@H]1C[C@@H]2CCCC[C@H]2O1. The van der Waals surface area contributed by atoms with Gasteiger partial charge < -0.3 is 9.84 Å². The lowest BCUT2D eigenvalue weighted by Crippen LogP contribution is -2.20. The maximum absolute atomic E-state index is 8.89. The largest absolute Gasteiger partial charge is 0.394 e. The van der Waals surface area contributed by atoms with E-state index in [2.05, 4.69) is 0 Å². The van der Waals surface area contributed by atoms with Crippen LogP contribution in [0.1, 0.15) is 32.1 Å². The summed E-state index contributed by atoms with van der Waals surface area (Å²) in [5.41, 5.74) is 0. The Labute approximate surface area is 67.6 Å². The van der Waals surface area contributed by atoms with E-state index in [-0.39, 0.29) is 12.7 Å². The van der Waals surface area contributed by atoms with Crippen molar-refractivity contribution < 1.29 is 9.84 Å². The molecule has 2 heteroatoms. The van der Waals surface area contributed by atoms with Crippen LogP contribution in [0, 0.1) is 5.92 Å². The molecule has 0 radical (unpaired) electrons. The molecule has 0 amide bonds. The molecule has 3 atom stereocenters. The van der Waals surface area contributed by atoms with Gasteiger partial charge >= 0.3 is 0 Å². The molecular formula is C9H16O2. The van der Waals surface area contributed by atoms with Crippen LogP contribution in [-0.4, -0.2) is 23.9 Å². The summed E-state index contributed by atoms with van der Waals surface area (Å²) >= 11 is 0. The molecule has 1 N–H and O–H groups in total. The van der Waals surface area contributed by atoms with Crippen molar-refractivity contribution in [1.82, 2.24) is 0 Å². The molecule has 0 bridgehead atoms. The second-order valence-electron chi connectivity index (χ2n) is 3.76. The fraction of sp³-hybridized carbons (Fsp3) is 1.00. The summed E-state index contributed by atoms with van der Waals surface area (Å²) in [7, 11) is 0. The summed E-state index contributed by atoms with van der Waals surface area (Å²) in [6.45, 7) is 0.215. The van der Waals surface area contributed by atoms with Crippen molar-refractivity contribution in [2.45, 2.75) is 44.3 Å². The Morgan fingerprint density at radius 3 is 2.82 bits per heavy atom. The monoisotopic (exact) mass is 156 g/mol. The molecule has 64 valence electrons. The van der Waals surface area contributed by atoms with Crippen LogP contribution in [0.15, 0.2) is 0 Å². The van der Waals surface area contributed by atoms with Crippen LogP contribution >= 0.6 is 0 Å². The lowest BCUT2D eigenvalue weighted by Gasteiger charge is -2.23. The van der Waals surface area contributed by atoms with Crippen molar-refractivity contribution in [1.29, 1.82) is 0 Å². The van der Waals surface area contributed by atoms with E-state index >= 15 is 0 Å². The van der Waals surface area contributed by atoms with Crippen molar-refractivity contribution in [2.75, 3.05) is 6.61 Å². The molecule has 1 aliphatic carbocycles. The molecule has 0 aromatic heterocycles. The molecule has 0 unspecified atom stereocenters. The van der Waals surface area contributed by atoms with Gasteiger partial charge in [-0.3, -0.25) is 0 Å². The molecule has 1 saturated heterocycles. The van der Waals surface area contributed by atoms with Crippen molar-refractivity contribution in [3.8, 4) is 0 Å². The fourth-order valence-electron chi connectivity index (χ4n) is 2.38. The van der Waals surface area contributed by atoms with Crippen LogP contribution in [-0.2, 0) is 4.74 Å². The molecule has 1 heterocycles. The maximum Gasteiger partial charge on any atom is 0.0813 e. The van der Waals surface area contributed by atoms with Gasteiger partial charge in [0.15, 0.2) is 0 Å². The Kier molecular flexibility index (Phi) is 2.14.